The second kappa shape index (κ2) is 5.51. The van der Waals surface area contributed by atoms with Crippen molar-refractivity contribution in [3.63, 3.8) is 0 Å². The van der Waals surface area contributed by atoms with Gasteiger partial charge >= 0.3 is 0 Å². The number of benzene rings is 2. The highest BCUT2D eigenvalue weighted by Crippen LogP contribution is 2.30. The van der Waals surface area contributed by atoms with E-state index in [1.54, 1.807) is 0 Å². The molecule has 0 aliphatic heterocycles. The lowest BCUT2D eigenvalue weighted by Gasteiger charge is -2.05. The van der Waals surface area contributed by atoms with Crippen LogP contribution in [0.5, 0.6) is 0 Å². The maximum absolute atomic E-state index is 12.0. The molecule has 0 spiro atoms. The van der Waals surface area contributed by atoms with Gasteiger partial charge < -0.3 is 4.98 Å². The topological polar surface area (TPSA) is 45.8 Å². The molecule has 0 radical (unpaired) electrons. The van der Waals surface area contributed by atoms with E-state index in [1.807, 2.05) is 55.5 Å². The zero-order valence-corrected chi connectivity index (χ0v) is 11.9. The van der Waals surface area contributed by atoms with E-state index >= 15 is 0 Å². The first-order valence-electron chi connectivity index (χ1n) is 6.52. The van der Waals surface area contributed by atoms with E-state index in [2.05, 4.69) is 9.97 Å². The van der Waals surface area contributed by atoms with E-state index in [-0.39, 0.29) is 5.78 Å². The van der Waals surface area contributed by atoms with Crippen molar-refractivity contribution in [1.82, 2.24) is 9.97 Å². The molecule has 3 rings (SSSR count). The SMILES string of the molecule is CCC(=O)c1ccccc1Sc1nc2ccccc2[nH]1. The molecule has 1 N–H and O–H groups in total. The van der Waals surface area contributed by atoms with Gasteiger partial charge in [0.2, 0.25) is 0 Å². The lowest BCUT2D eigenvalue weighted by molar-refractivity contribution is 0.0985. The minimum Gasteiger partial charge on any atom is -0.333 e. The highest BCUT2D eigenvalue weighted by Gasteiger charge is 2.12. The van der Waals surface area contributed by atoms with Gasteiger partial charge in [-0.2, -0.15) is 0 Å². The van der Waals surface area contributed by atoms with Crippen molar-refractivity contribution in [3.05, 3.63) is 54.1 Å². The molecule has 100 valence electrons. The first kappa shape index (κ1) is 12.9. The van der Waals surface area contributed by atoms with Crippen LogP contribution in [0.1, 0.15) is 23.7 Å². The van der Waals surface area contributed by atoms with Crippen LogP contribution in [-0.2, 0) is 0 Å². The van der Waals surface area contributed by atoms with E-state index in [0.717, 1.165) is 26.6 Å². The highest BCUT2D eigenvalue weighted by molar-refractivity contribution is 7.99. The summed E-state index contributed by atoms with van der Waals surface area (Å²) in [6.45, 7) is 1.88. The van der Waals surface area contributed by atoms with Gasteiger partial charge in [-0.1, -0.05) is 49.0 Å². The lowest BCUT2D eigenvalue weighted by atomic mass is 10.1. The van der Waals surface area contributed by atoms with Crippen LogP contribution in [0.3, 0.4) is 0 Å². The molecule has 20 heavy (non-hydrogen) atoms. The summed E-state index contributed by atoms with van der Waals surface area (Å²) in [5.41, 5.74) is 2.71. The molecule has 4 heteroatoms. The summed E-state index contributed by atoms with van der Waals surface area (Å²) in [5, 5.41) is 0.808. The highest BCUT2D eigenvalue weighted by atomic mass is 32.2. The number of hydrogen-bond donors (Lipinski definition) is 1. The molecule has 0 saturated carbocycles. The number of nitrogens with one attached hydrogen (secondary N) is 1. The van der Waals surface area contributed by atoms with Gasteiger partial charge in [-0.15, -0.1) is 0 Å². The molecule has 1 heterocycles. The quantitative estimate of drug-likeness (QED) is 0.725. The molecule has 0 fully saturated rings. The molecule has 0 aliphatic rings. The number of aromatic amines is 1. The third-order valence-electron chi connectivity index (χ3n) is 3.08. The van der Waals surface area contributed by atoms with Crippen LogP contribution in [0.4, 0.5) is 0 Å². The van der Waals surface area contributed by atoms with Crippen molar-refractivity contribution in [2.75, 3.05) is 0 Å². The van der Waals surface area contributed by atoms with Crippen molar-refractivity contribution in [2.45, 2.75) is 23.4 Å². The Labute approximate surface area is 121 Å². The summed E-state index contributed by atoms with van der Waals surface area (Å²) >= 11 is 1.50. The number of rotatable bonds is 4. The molecule has 3 aromatic rings. The monoisotopic (exact) mass is 282 g/mol. The Morgan fingerprint density at radius 2 is 1.90 bits per heavy atom. The zero-order valence-electron chi connectivity index (χ0n) is 11.1. The molecule has 0 amide bonds. The minimum absolute atomic E-state index is 0.157. The zero-order chi connectivity index (χ0) is 13.9. The Bertz CT molecular complexity index is 731. The number of ketones is 1. The summed E-state index contributed by atoms with van der Waals surface area (Å²) in [7, 11) is 0. The molecule has 3 nitrogen and oxygen atoms in total. The molecule has 0 aliphatic carbocycles. The fourth-order valence-corrected chi connectivity index (χ4v) is 3.01. The van der Waals surface area contributed by atoms with Gasteiger partial charge in [0.05, 0.1) is 11.0 Å². The fraction of sp³-hybridized carbons (Fsp3) is 0.125. The van der Waals surface area contributed by atoms with E-state index in [1.165, 1.54) is 11.8 Å². The van der Waals surface area contributed by atoms with Crippen molar-refractivity contribution in [2.24, 2.45) is 0 Å². The summed E-state index contributed by atoms with van der Waals surface area (Å²) in [6, 6.07) is 15.6. The second-order valence-electron chi connectivity index (χ2n) is 4.43. The second-order valence-corrected chi connectivity index (χ2v) is 5.46. The van der Waals surface area contributed by atoms with E-state index < -0.39 is 0 Å². The smallest absolute Gasteiger partial charge is 0.171 e. The average Bonchev–Trinajstić information content (AvgIpc) is 2.89. The standard InChI is InChI=1S/C16H14N2OS/c1-2-14(19)11-7-3-6-10-15(11)20-16-17-12-8-4-5-9-13(12)18-16/h3-10H,2H2,1H3,(H,17,18). The summed E-state index contributed by atoms with van der Waals surface area (Å²) in [6.07, 6.45) is 0.512. The van der Waals surface area contributed by atoms with Gasteiger partial charge in [-0.25, -0.2) is 4.98 Å². The number of carbonyl (C=O) groups excluding carboxylic acids is 1. The normalized spacial score (nSPS) is 10.8. The van der Waals surface area contributed by atoms with Crippen LogP contribution in [0.25, 0.3) is 11.0 Å². The molecule has 0 atom stereocenters. The molecular formula is C16H14N2OS. The van der Waals surface area contributed by atoms with Crippen LogP contribution < -0.4 is 0 Å². The fourth-order valence-electron chi connectivity index (χ4n) is 2.06. The van der Waals surface area contributed by atoms with Crippen molar-refractivity contribution < 1.29 is 4.79 Å². The van der Waals surface area contributed by atoms with E-state index in [4.69, 9.17) is 0 Å². The summed E-state index contributed by atoms with van der Waals surface area (Å²) in [5.74, 6) is 0.157. The Balaban J connectivity index is 1.96. The van der Waals surface area contributed by atoms with E-state index in [9.17, 15) is 4.79 Å². The van der Waals surface area contributed by atoms with Crippen LogP contribution in [0.2, 0.25) is 0 Å². The Morgan fingerprint density at radius 1 is 1.15 bits per heavy atom. The van der Waals surface area contributed by atoms with Gasteiger partial charge in [-0.05, 0) is 18.2 Å². The Hall–Kier alpha value is -2.07. The van der Waals surface area contributed by atoms with E-state index in [0.29, 0.717) is 6.42 Å². The van der Waals surface area contributed by atoms with Crippen LogP contribution in [-0.4, -0.2) is 15.8 Å². The number of aromatic nitrogens is 2. The maximum Gasteiger partial charge on any atom is 0.171 e. The van der Waals surface area contributed by atoms with Gasteiger partial charge in [0.1, 0.15) is 0 Å². The summed E-state index contributed by atoms with van der Waals surface area (Å²) in [4.78, 5) is 20.7. The van der Waals surface area contributed by atoms with Crippen molar-refractivity contribution in [1.29, 1.82) is 0 Å². The Morgan fingerprint density at radius 3 is 2.70 bits per heavy atom. The number of Topliss-reactive ketones (excluding diaryl/α,β-unsaturated/α-hetero) is 1. The predicted octanol–water partition coefficient (Wildman–Crippen LogP) is 4.31. The number of nitrogens with zero attached hydrogens (tertiary/aromatic N) is 1. The predicted molar refractivity (Wildman–Crippen MR) is 81.3 cm³/mol. The number of imidazole rings is 1. The molecule has 1 aromatic heterocycles. The molecular weight excluding hydrogens is 268 g/mol. The maximum atomic E-state index is 12.0. The van der Waals surface area contributed by atoms with Crippen molar-refractivity contribution in [3.8, 4) is 0 Å². The molecule has 0 saturated heterocycles. The van der Waals surface area contributed by atoms with Crippen LogP contribution >= 0.6 is 11.8 Å². The van der Waals surface area contributed by atoms with Gasteiger partial charge in [0.15, 0.2) is 10.9 Å². The molecule has 0 bridgehead atoms. The van der Waals surface area contributed by atoms with Crippen LogP contribution in [0, 0.1) is 0 Å². The van der Waals surface area contributed by atoms with Gasteiger partial charge in [0.25, 0.3) is 0 Å². The third-order valence-corrected chi connectivity index (χ3v) is 4.05. The lowest BCUT2D eigenvalue weighted by Crippen LogP contribution is -1.98. The summed E-state index contributed by atoms with van der Waals surface area (Å²) < 4.78 is 0. The average molecular weight is 282 g/mol. The number of carbonyl (C=O) groups is 1. The molecule has 0 unspecified atom stereocenters. The Kier molecular flexibility index (Phi) is 3.56. The third kappa shape index (κ3) is 2.47. The number of H-pyrrole nitrogens is 1. The molecule has 2 aromatic carbocycles. The minimum atomic E-state index is 0.157. The first-order chi connectivity index (χ1) is 9.78. The first-order valence-corrected chi connectivity index (χ1v) is 7.34. The largest absolute Gasteiger partial charge is 0.333 e. The van der Waals surface area contributed by atoms with Gasteiger partial charge in [-0.3, -0.25) is 4.79 Å². The van der Waals surface area contributed by atoms with Gasteiger partial charge in [0, 0.05) is 16.9 Å². The number of hydrogen-bond acceptors (Lipinski definition) is 3. The number of para-hydroxylation sites is 2. The number of fused-ring (bicyclic) bond motifs is 1. The van der Waals surface area contributed by atoms with Crippen LogP contribution in [0.15, 0.2) is 58.6 Å². The van der Waals surface area contributed by atoms with Crippen molar-refractivity contribution >= 4 is 28.6 Å².